The molecule has 0 saturated carbocycles. The number of rotatable bonds is 11. The predicted molar refractivity (Wildman–Crippen MR) is 206 cm³/mol. The Kier molecular flexibility index (Phi) is 16.8. The molecule has 0 aliphatic rings. The lowest BCUT2D eigenvalue weighted by Crippen LogP contribution is -2.83. The highest BCUT2D eigenvalue weighted by molar-refractivity contribution is 9.10. The molecule has 0 spiro atoms. The molecule has 0 unspecified atom stereocenters. The van der Waals surface area contributed by atoms with Crippen LogP contribution in [0.2, 0.25) is 0 Å². The molecule has 2 aromatic rings. The Balaban J connectivity index is 0.000000415. The van der Waals surface area contributed by atoms with Crippen LogP contribution in [0.3, 0.4) is 0 Å². The topological polar surface area (TPSA) is 25.8 Å². The zero-order chi connectivity index (χ0) is 30.9. The number of halogens is 1. The van der Waals surface area contributed by atoms with Crippen LogP contribution in [0.1, 0.15) is 26.5 Å². The summed E-state index contributed by atoms with van der Waals surface area (Å²) < 4.78 is 0.987. The molecular formula is C14H15B23BrN2. The molecule has 0 fully saturated rings. The lowest BCUT2D eigenvalue weighted by molar-refractivity contribution is 0.569. The van der Waals surface area contributed by atoms with E-state index >= 15 is 0 Å². The van der Waals surface area contributed by atoms with Crippen molar-refractivity contribution in [2.75, 3.05) is 0 Å². The molecule has 2 aromatic heterocycles. The third-order valence-electron chi connectivity index (χ3n) is 6.78. The average molecular weight is 540 g/mol. The summed E-state index contributed by atoms with van der Waals surface area (Å²) in [6.45, 7) is 6.48. The van der Waals surface area contributed by atoms with Crippen LogP contribution in [0.25, 0.3) is 11.3 Å². The van der Waals surface area contributed by atoms with Crippen LogP contribution >= 0.6 is 15.9 Å². The van der Waals surface area contributed by atoms with Crippen LogP contribution < -0.4 is 0 Å². The Hall–Kier alpha value is 0.274. The van der Waals surface area contributed by atoms with Gasteiger partial charge in [0.2, 0.25) is 0 Å². The molecule has 0 aromatic carbocycles. The Morgan fingerprint density at radius 1 is 0.625 bits per heavy atom. The van der Waals surface area contributed by atoms with Gasteiger partial charge in [0.15, 0.2) is 0 Å². The summed E-state index contributed by atoms with van der Waals surface area (Å²) >= 11 is 3.38. The van der Waals surface area contributed by atoms with Gasteiger partial charge in [-0.3, -0.25) is 9.97 Å². The van der Waals surface area contributed by atoms with Crippen molar-refractivity contribution in [2.45, 2.75) is 26.2 Å². The lowest BCUT2D eigenvalue weighted by atomic mass is 8.36. The first-order chi connectivity index (χ1) is 18.4. The average Bonchev–Trinajstić information content (AvgIpc) is 2.83. The van der Waals surface area contributed by atoms with E-state index < -0.39 is 63.9 Å². The molecule has 0 amide bonds. The lowest BCUT2D eigenvalue weighted by Gasteiger charge is -2.45. The first-order valence-electron chi connectivity index (χ1n) is 12.9. The van der Waals surface area contributed by atoms with Gasteiger partial charge in [-0.25, -0.2) is 0 Å². The second-order valence-corrected chi connectivity index (χ2v) is 11.9. The van der Waals surface area contributed by atoms with E-state index in [0.717, 1.165) is 21.4 Å². The van der Waals surface area contributed by atoms with E-state index in [-0.39, 0.29) is 5.41 Å². The summed E-state index contributed by atoms with van der Waals surface area (Å²) in [5.74, 6) is 0. The summed E-state index contributed by atoms with van der Waals surface area (Å²) in [7, 11) is 71.4. The molecule has 0 atom stereocenters. The molecule has 0 saturated heterocycles. The van der Waals surface area contributed by atoms with Crippen LogP contribution in [0.4, 0.5) is 0 Å². The fraction of sp³-hybridized carbons (Fsp3) is 0.286. The van der Waals surface area contributed by atoms with E-state index in [4.69, 9.17) is 92.8 Å². The van der Waals surface area contributed by atoms with E-state index in [0.29, 0.717) is 0 Å². The minimum absolute atomic E-state index is 0.0890. The Morgan fingerprint density at radius 2 is 1.10 bits per heavy atom. The standard InChI is InChI=1S/C14H15BrN2.B23/c1-14(2,3)13-7-4-10(8-17-13)12-6-5-11(15)9-16-12;1-13-19(12)22(18(10)11)23(20(14(2)3)15(4)5)21(16(6)7)17(8)9/h4-9H,1-3H3;. The molecule has 25 radical (unpaired) electrons. The van der Waals surface area contributed by atoms with Crippen LogP contribution in [0, 0.1) is 0 Å². The van der Waals surface area contributed by atoms with Gasteiger partial charge < -0.3 is 0 Å². The van der Waals surface area contributed by atoms with Gasteiger partial charge in [0.1, 0.15) is 0 Å². The van der Waals surface area contributed by atoms with Gasteiger partial charge in [0, 0.05) is 197 Å². The van der Waals surface area contributed by atoms with Crippen LogP contribution in [-0.2, 0) is 5.41 Å². The number of pyridine rings is 2. The molecule has 2 rings (SSSR count). The molecule has 0 aliphatic heterocycles. The zero-order valence-electron chi connectivity index (χ0n) is 23.5. The number of aromatic nitrogens is 2. The van der Waals surface area contributed by atoms with Crippen molar-refractivity contribution in [1.29, 1.82) is 0 Å². The number of hydrogen-bond donors (Lipinski definition) is 0. The van der Waals surface area contributed by atoms with E-state index in [2.05, 4.69) is 58.8 Å². The molecule has 26 heteroatoms. The maximum absolute atomic E-state index is 6.03. The summed E-state index contributed by atoms with van der Waals surface area (Å²) in [4.78, 5) is 8.85. The summed E-state index contributed by atoms with van der Waals surface area (Å²) in [6.07, 6.45) is -4.34. The molecule has 0 aliphatic carbocycles. The molecule has 157 valence electrons. The summed E-state index contributed by atoms with van der Waals surface area (Å²) in [5, 5.41) is 0. The molecule has 0 bridgehead atoms. The van der Waals surface area contributed by atoms with Gasteiger partial charge in [-0.2, -0.15) is 0 Å². The maximum atomic E-state index is 6.03. The Labute approximate surface area is 272 Å². The maximum Gasteiger partial charge on any atom is 0.0718 e. The van der Waals surface area contributed by atoms with Crippen molar-refractivity contribution < 1.29 is 0 Å². The molecule has 2 heterocycles. The van der Waals surface area contributed by atoms with Gasteiger partial charge in [-0.15, -0.1) is 0 Å². The van der Waals surface area contributed by atoms with Gasteiger partial charge >= 0.3 is 0 Å². The fourth-order valence-electron chi connectivity index (χ4n) is 4.74. The second kappa shape index (κ2) is 17.5. The van der Waals surface area contributed by atoms with E-state index in [1.807, 2.05) is 18.3 Å². The van der Waals surface area contributed by atoms with Crippen molar-refractivity contribution in [3.63, 3.8) is 0 Å². The van der Waals surface area contributed by atoms with Gasteiger partial charge in [0.05, 0.1) is 5.69 Å². The highest BCUT2D eigenvalue weighted by Crippen LogP contribution is 2.23. The largest absolute Gasteiger partial charge is 0.260 e. The van der Waals surface area contributed by atoms with Crippen LogP contribution in [0.5, 0.6) is 0 Å². The number of hydrogen-bond acceptors (Lipinski definition) is 2. The Morgan fingerprint density at radius 3 is 1.40 bits per heavy atom. The van der Waals surface area contributed by atoms with Crippen molar-refractivity contribution in [3.05, 3.63) is 46.8 Å². The highest BCUT2D eigenvalue weighted by atomic mass is 79.9. The van der Waals surface area contributed by atoms with Crippen LogP contribution in [-0.4, -0.2) is 174 Å². The van der Waals surface area contributed by atoms with E-state index in [1.165, 1.54) is 7.06 Å². The molecule has 40 heavy (non-hydrogen) atoms. The predicted octanol–water partition coefficient (Wildman–Crippen LogP) is -4.55. The third kappa shape index (κ3) is 11.4. The molecule has 2 nitrogen and oxygen atoms in total. The van der Waals surface area contributed by atoms with Crippen molar-refractivity contribution >= 4 is 180 Å². The minimum atomic E-state index is -0.925. The molecular weight excluding hydrogens is 525 g/mol. The second-order valence-electron chi connectivity index (χ2n) is 11.0. The van der Waals surface area contributed by atoms with Crippen LogP contribution in [0.15, 0.2) is 41.1 Å². The summed E-state index contributed by atoms with van der Waals surface area (Å²) in [5.41, 5.74) is 3.18. The quantitative estimate of drug-likeness (QED) is 0.269. The van der Waals surface area contributed by atoms with Crippen molar-refractivity contribution in [2.24, 2.45) is 0 Å². The smallest absolute Gasteiger partial charge is 0.0718 e. The normalized spacial score (nSPS) is 10.2. The monoisotopic (exact) mass is 543 g/mol. The summed E-state index contributed by atoms with van der Waals surface area (Å²) in [6, 6.07) is 8.11. The van der Waals surface area contributed by atoms with E-state index in [1.54, 1.807) is 6.20 Å². The van der Waals surface area contributed by atoms with Crippen molar-refractivity contribution in [1.82, 2.24) is 9.97 Å². The Bertz CT molecular complexity index is 951. The van der Waals surface area contributed by atoms with Gasteiger partial charge in [-0.1, -0.05) is 20.8 Å². The SMILES string of the molecule is CC(C)(C)c1ccc(-c2ccc(Br)cn2)cn1.[B][B]B([B])B(B([B])[B])B(B(B([B])[B])B([B])[B])B(B([B])[B])B([B])[B]. The highest BCUT2D eigenvalue weighted by Gasteiger charge is 2.47. The van der Waals surface area contributed by atoms with Gasteiger partial charge in [0.25, 0.3) is 0 Å². The fourth-order valence-corrected chi connectivity index (χ4v) is 4.98. The molecule has 0 N–H and O–H groups in total. The van der Waals surface area contributed by atoms with Gasteiger partial charge in [-0.05, 0) is 40.2 Å². The first-order valence-corrected chi connectivity index (χ1v) is 13.7. The first kappa shape index (κ1) is 38.3. The number of nitrogens with zero attached hydrogens (tertiary/aromatic N) is 2. The third-order valence-corrected chi connectivity index (χ3v) is 7.25. The zero-order valence-corrected chi connectivity index (χ0v) is 25.1. The van der Waals surface area contributed by atoms with E-state index in [9.17, 15) is 0 Å². The van der Waals surface area contributed by atoms with Crippen molar-refractivity contribution in [3.8, 4) is 11.3 Å². The minimum Gasteiger partial charge on any atom is -0.260 e.